The lowest BCUT2D eigenvalue weighted by molar-refractivity contribution is -0.163. The third-order valence-corrected chi connectivity index (χ3v) is 2.91. The van der Waals surface area contributed by atoms with E-state index in [4.69, 9.17) is 15.2 Å². The van der Waals surface area contributed by atoms with Crippen LogP contribution in [0.25, 0.3) is 0 Å². The summed E-state index contributed by atoms with van der Waals surface area (Å²) < 4.78 is 11.1. The molecular weight excluding hydrogens is 166 g/mol. The second-order valence-corrected chi connectivity index (χ2v) is 4.12. The first-order valence-corrected chi connectivity index (χ1v) is 5.35. The highest BCUT2D eigenvalue weighted by molar-refractivity contribution is 4.89. The fourth-order valence-corrected chi connectivity index (χ4v) is 1.80. The maximum absolute atomic E-state index is 5.70. The van der Waals surface area contributed by atoms with Crippen LogP contribution in [-0.4, -0.2) is 25.5 Å². The lowest BCUT2D eigenvalue weighted by atomic mass is 10.2. The van der Waals surface area contributed by atoms with Crippen LogP contribution in [0.4, 0.5) is 0 Å². The topological polar surface area (TPSA) is 44.5 Å². The molecule has 76 valence electrons. The normalized spacial score (nSPS) is 39.0. The average Bonchev–Trinajstić information content (AvgIpc) is 2.84. The summed E-state index contributed by atoms with van der Waals surface area (Å²) in [6.45, 7) is 1.69. The molecule has 1 aliphatic carbocycles. The second-order valence-electron chi connectivity index (χ2n) is 4.12. The van der Waals surface area contributed by atoms with Gasteiger partial charge in [-0.3, -0.25) is 0 Å². The van der Waals surface area contributed by atoms with E-state index in [0.717, 1.165) is 32.0 Å². The van der Waals surface area contributed by atoms with Gasteiger partial charge in [0.2, 0.25) is 0 Å². The van der Waals surface area contributed by atoms with Crippen molar-refractivity contribution in [3.63, 3.8) is 0 Å². The van der Waals surface area contributed by atoms with Gasteiger partial charge in [-0.1, -0.05) is 0 Å². The molecule has 2 rings (SSSR count). The highest BCUT2D eigenvalue weighted by atomic mass is 16.7. The Hall–Kier alpha value is -0.120. The quantitative estimate of drug-likeness (QED) is 0.717. The van der Waals surface area contributed by atoms with Crippen molar-refractivity contribution in [2.45, 2.75) is 44.4 Å². The summed E-state index contributed by atoms with van der Waals surface area (Å²) in [7, 11) is 0. The molecule has 13 heavy (non-hydrogen) atoms. The minimum absolute atomic E-state index is 0.0729. The van der Waals surface area contributed by atoms with Crippen molar-refractivity contribution in [3.05, 3.63) is 0 Å². The molecular formula is C10H19NO2. The van der Waals surface area contributed by atoms with E-state index in [1.807, 2.05) is 0 Å². The van der Waals surface area contributed by atoms with Gasteiger partial charge in [-0.15, -0.1) is 0 Å². The molecule has 1 saturated heterocycles. The predicted octanol–water partition coefficient (Wildman–Crippen LogP) is 1.27. The van der Waals surface area contributed by atoms with Gasteiger partial charge in [0.05, 0.1) is 6.61 Å². The van der Waals surface area contributed by atoms with Crippen LogP contribution in [0.1, 0.15) is 32.1 Å². The third kappa shape index (κ3) is 2.93. The number of hydrogen-bond donors (Lipinski definition) is 1. The highest BCUT2D eigenvalue weighted by Crippen LogP contribution is 2.31. The van der Waals surface area contributed by atoms with E-state index in [2.05, 4.69) is 0 Å². The molecule has 3 nitrogen and oxygen atoms in total. The van der Waals surface area contributed by atoms with Crippen molar-refractivity contribution >= 4 is 0 Å². The summed E-state index contributed by atoms with van der Waals surface area (Å²) >= 11 is 0. The van der Waals surface area contributed by atoms with Gasteiger partial charge >= 0.3 is 0 Å². The van der Waals surface area contributed by atoms with Crippen LogP contribution in [0.5, 0.6) is 0 Å². The van der Waals surface area contributed by atoms with Gasteiger partial charge in [-0.05, 0) is 38.0 Å². The first kappa shape index (κ1) is 9.44. The van der Waals surface area contributed by atoms with Crippen LogP contribution < -0.4 is 5.73 Å². The zero-order chi connectivity index (χ0) is 9.10. The maximum Gasteiger partial charge on any atom is 0.157 e. The molecule has 1 heterocycles. The van der Waals surface area contributed by atoms with E-state index >= 15 is 0 Å². The van der Waals surface area contributed by atoms with E-state index in [1.165, 1.54) is 19.3 Å². The van der Waals surface area contributed by atoms with Crippen LogP contribution in [-0.2, 0) is 9.47 Å². The molecule has 3 atom stereocenters. The zero-order valence-corrected chi connectivity index (χ0v) is 8.08. The van der Waals surface area contributed by atoms with Gasteiger partial charge in [0, 0.05) is 12.6 Å². The molecule has 0 aromatic heterocycles. The summed E-state index contributed by atoms with van der Waals surface area (Å²) in [5.41, 5.74) is 5.70. The van der Waals surface area contributed by atoms with Crippen molar-refractivity contribution in [2.24, 2.45) is 11.7 Å². The van der Waals surface area contributed by atoms with E-state index in [0.29, 0.717) is 6.04 Å². The van der Waals surface area contributed by atoms with Crippen LogP contribution in [0.3, 0.4) is 0 Å². The zero-order valence-electron chi connectivity index (χ0n) is 8.08. The Kier molecular flexibility index (Phi) is 3.19. The molecule has 2 N–H and O–H groups in total. The van der Waals surface area contributed by atoms with Gasteiger partial charge in [0.25, 0.3) is 0 Å². The van der Waals surface area contributed by atoms with Crippen molar-refractivity contribution in [1.82, 2.24) is 0 Å². The molecule has 0 aromatic carbocycles. The van der Waals surface area contributed by atoms with Crippen LogP contribution in [0.15, 0.2) is 0 Å². The first-order chi connectivity index (χ1) is 6.36. The van der Waals surface area contributed by atoms with E-state index in [1.54, 1.807) is 0 Å². The van der Waals surface area contributed by atoms with E-state index < -0.39 is 0 Å². The summed E-state index contributed by atoms with van der Waals surface area (Å²) in [6.07, 6.45) is 5.87. The lowest BCUT2D eigenvalue weighted by Gasteiger charge is -2.22. The minimum Gasteiger partial charge on any atom is -0.353 e. The molecule has 0 bridgehead atoms. The molecule has 0 aromatic rings. The summed E-state index contributed by atoms with van der Waals surface area (Å²) in [5.74, 6) is 0.726. The Labute approximate surface area is 79.6 Å². The van der Waals surface area contributed by atoms with Crippen molar-refractivity contribution < 1.29 is 9.47 Å². The molecule has 0 radical (unpaired) electrons. The van der Waals surface area contributed by atoms with Gasteiger partial charge in [0.15, 0.2) is 6.29 Å². The van der Waals surface area contributed by atoms with Crippen molar-refractivity contribution in [1.29, 1.82) is 0 Å². The van der Waals surface area contributed by atoms with Crippen molar-refractivity contribution in [3.8, 4) is 0 Å². The smallest absolute Gasteiger partial charge is 0.157 e. The van der Waals surface area contributed by atoms with Gasteiger partial charge in [0.1, 0.15) is 0 Å². The molecule has 0 spiro atoms. The minimum atomic E-state index is 0.0729. The van der Waals surface area contributed by atoms with Gasteiger partial charge < -0.3 is 15.2 Å². The molecule has 1 saturated carbocycles. The largest absolute Gasteiger partial charge is 0.353 e. The molecule has 3 heteroatoms. The van der Waals surface area contributed by atoms with Gasteiger partial charge in [-0.2, -0.15) is 0 Å². The average molecular weight is 185 g/mol. The fourth-order valence-electron chi connectivity index (χ4n) is 1.80. The molecule has 2 aliphatic rings. The Balaban J connectivity index is 1.51. The Morgan fingerprint density at radius 3 is 2.85 bits per heavy atom. The molecule has 2 fully saturated rings. The van der Waals surface area contributed by atoms with Crippen LogP contribution >= 0.6 is 0 Å². The molecule has 0 unspecified atom stereocenters. The van der Waals surface area contributed by atoms with E-state index in [-0.39, 0.29) is 6.29 Å². The maximum atomic E-state index is 5.70. The van der Waals surface area contributed by atoms with E-state index in [9.17, 15) is 0 Å². The van der Waals surface area contributed by atoms with Gasteiger partial charge in [-0.25, -0.2) is 0 Å². The summed E-state index contributed by atoms with van der Waals surface area (Å²) in [6, 6.07) is 0.455. The number of rotatable bonds is 4. The first-order valence-electron chi connectivity index (χ1n) is 5.35. The Morgan fingerprint density at radius 1 is 1.38 bits per heavy atom. The van der Waals surface area contributed by atoms with Crippen LogP contribution in [0.2, 0.25) is 0 Å². The number of nitrogens with two attached hydrogens (primary N) is 1. The van der Waals surface area contributed by atoms with Crippen LogP contribution in [0, 0.1) is 5.92 Å². The Bertz CT molecular complexity index is 157. The third-order valence-electron chi connectivity index (χ3n) is 2.91. The fraction of sp³-hybridized carbons (Fsp3) is 1.00. The summed E-state index contributed by atoms with van der Waals surface area (Å²) in [5, 5.41) is 0. The standard InChI is InChI=1S/C10H19NO2/c11-9-7-8(9)4-6-13-10-3-1-2-5-12-10/h8-10H,1-7,11H2/t8-,9+,10-/m0/s1. The lowest BCUT2D eigenvalue weighted by Crippen LogP contribution is -2.23. The highest BCUT2D eigenvalue weighted by Gasteiger charge is 2.32. The molecule has 0 amide bonds. The number of hydrogen-bond acceptors (Lipinski definition) is 3. The van der Waals surface area contributed by atoms with Crippen molar-refractivity contribution in [2.75, 3.05) is 13.2 Å². The summed E-state index contributed by atoms with van der Waals surface area (Å²) in [4.78, 5) is 0. The Morgan fingerprint density at radius 2 is 2.23 bits per heavy atom. The number of ether oxygens (including phenoxy) is 2. The molecule has 1 aliphatic heterocycles. The second kappa shape index (κ2) is 4.40. The predicted molar refractivity (Wildman–Crippen MR) is 50.2 cm³/mol. The monoisotopic (exact) mass is 185 g/mol. The SMILES string of the molecule is N[C@@H]1C[C@@H]1CCO[C@H]1CCCCO1.